The van der Waals surface area contributed by atoms with Crippen LogP contribution in [0.4, 0.5) is 0 Å². The van der Waals surface area contributed by atoms with Crippen molar-refractivity contribution in [2.24, 2.45) is 0 Å². The Balaban J connectivity index is 2.11. The molecule has 2 aromatic carbocycles. The summed E-state index contributed by atoms with van der Waals surface area (Å²) in [5, 5.41) is 0.626. The van der Waals surface area contributed by atoms with E-state index in [0.29, 0.717) is 5.02 Å². The largest absolute Gasteiger partial charge is 0.424 e. The molecule has 0 fully saturated rings. The minimum Gasteiger partial charge on any atom is -0.415 e. The third kappa shape index (κ3) is 2.77. The Bertz CT molecular complexity index is 804. The second kappa shape index (κ2) is 5.84. The van der Waals surface area contributed by atoms with Crippen LogP contribution in [0.25, 0.3) is 16.9 Å². The molecular formula is C16H12ClNO2S. The van der Waals surface area contributed by atoms with E-state index in [0.717, 1.165) is 16.9 Å². The summed E-state index contributed by atoms with van der Waals surface area (Å²) < 4.78 is 6.59. The zero-order valence-corrected chi connectivity index (χ0v) is 12.8. The lowest BCUT2D eigenvalue weighted by Gasteiger charge is -2.07. The molecule has 0 aliphatic rings. The number of nitrogens with zero attached hydrogens (tertiary/aromatic N) is 1. The third-order valence-electron chi connectivity index (χ3n) is 3.17. The summed E-state index contributed by atoms with van der Waals surface area (Å²) in [6, 6.07) is 15.1. The van der Waals surface area contributed by atoms with Gasteiger partial charge in [-0.05, 0) is 42.7 Å². The van der Waals surface area contributed by atoms with E-state index < -0.39 is 5.76 Å². The molecule has 0 saturated heterocycles. The van der Waals surface area contributed by atoms with Gasteiger partial charge in [0.1, 0.15) is 6.26 Å². The molecule has 21 heavy (non-hydrogen) atoms. The molecule has 3 rings (SSSR count). The maximum Gasteiger partial charge on any atom is 0.424 e. The van der Waals surface area contributed by atoms with E-state index in [1.54, 1.807) is 36.0 Å². The fraction of sp³-hybridized carbons (Fsp3) is 0.0625. The zero-order valence-electron chi connectivity index (χ0n) is 11.2. The summed E-state index contributed by atoms with van der Waals surface area (Å²) >= 11 is 7.56. The van der Waals surface area contributed by atoms with Gasteiger partial charge in [-0.25, -0.2) is 9.36 Å². The second-order valence-electron chi connectivity index (χ2n) is 4.43. The van der Waals surface area contributed by atoms with Crippen LogP contribution in [0, 0.1) is 0 Å². The first kappa shape index (κ1) is 14.0. The van der Waals surface area contributed by atoms with Gasteiger partial charge in [0.05, 0.1) is 11.4 Å². The molecule has 0 aliphatic heterocycles. The number of halogens is 1. The lowest BCUT2D eigenvalue weighted by Crippen LogP contribution is -2.12. The van der Waals surface area contributed by atoms with Gasteiger partial charge in [0.2, 0.25) is 0 Å². The van der Waals surface area contributed by atoms with Crippen molar-refractivity contribution in [1.29, 1.82) is 0 Å². The van der Waals surface area contributed by atoms with Crippen LogP contribution in [0.15, 0.2) is 68.9 Å². The first-order valence-corrected chi connectivity index (χ1v) is 7.90. The van der Waals surface area contributed by atoms with Crippen molar-refractivity contribution in [2.75, 3.05) is 6.26 Å². The van der Waals surface area contributed by atoms with Crippen molar-refractivity contribution in [1.82, 2.24) is 4.57 Å². The quantitative estimate of drug-likeness (QED) is 0.668. The zero-order chi connectivity index (χ0) is 14.8. The molecule has 0 aliphatic carbocycles. The average Bonchev–Trinajstić information content (AvgIpc) is 2.90. The summed E-state index contributed by atoms with van der Waals surface area (Å²) in [7, 11) is 0. The molecule has 0 radical (unpaired) electrons. The van der Waals surface area contributed by atoms with Gasteiger partial charge in [-0.1, -0.05) is 23.7 Å². The normalized spacial score (nSPS) is 10.8. The highest BCUT2D eigenvalue weighted by atomic mass is 35.5. The molecule has 0 atom stereocenters. The lowest BCUT2D eigenvalue weighted by molar-refractivity contribution is 0.504. The molecule has 0 bridgehead atoms. The maximum absolute atomic E-state index is 12.0. The van der Waals surface area contributed by atoms with E-state index in [1.165, 1.54) is 15.7 Å². The minimum absolute atomic E-state index is 0.415. The van der Waals surface area contributed by atoms with Crippen LogP contribution in [0.1, 0.15) is 0 Å². The molecule has 3 nitrogen and oxygen atoms in total. The van der Waals surface area contributed by atoms with E-state index in [-0.39, 0.29) is 0 Å². The Morgan fingerprint density at radius 2 is 1.71 bits per heavy atom. The van der Waals surface area contributed by atoms with Gasteiger partial charge in [0.15, 0.2) is 0 Å². The Morgan fingerprint density at radius 1 is 1.05 bits per heavy atom. The Hall–Kier alpha value is -1.91. The van der Waals surface area contributed by atoms with Gasteiger partial charge >= 0.3 is 5.76 Å². The number of hydrogen-bond acceptors (Lipinski definition) is 3. The van der Waals surface area contributed by atoms with E-state index in [1.807, 2.05) is 30.5 Å². The number of thioether (sulfide) groups is 1. The van der Waals surface area contributed by atoms with E-state index >= 15 is 0 Å². The standard InChI is InChI=1S/C16H12ClNO2S/c1-21-14-8-2-11(3-9-14)15-10-20-16(19)18(15)13-6-4-12(17)5-7-13/h2-10H,1H3. The predicted molar refractivity (Wildman–Crippen MR) is 86.5 cm³/mol. The summed E-state index contributed by atoms with van der Waals surface area (Å²) in [5.74, 6) is -0.415. The van der Waals surface area contributed by atoms with Crippen LogP contribution in [-0.4, -0.2) is 10.8 Å². The molecule has 0 saturated carbocycles. The predicted octanol–water partition coefficient (Wildman–Crippen LogP) is 4.47. The van der Waals surface area contributed by atoms with Crippen molar-refractivity contribution in [2.45, 2.75) is 4.90 Å². The fourth-order valence-corrected chi connectivity index (χ4v) is 2.64. The SMILES string of the molecule is CSc1ccc(-c2coc(=O)n2-c2ccc(Cl)cc2)cc1. The number of benzene rings is 2. The van der Waals surface area contributed by atoms with Crippen molar-refractivity contribution in [3.63, 3.8) is 0 Å². The summed E-state index contributed by atoms with van der Waals surface area (Å²) in [5.41, 5.74) is 2.37. The Labute approximate surface area is 131 Å². The monoisotopic (exact) mass is 317 g/mol. The number of rotatable bonds is 3. The van der Waals surface area contributed by atoms with Gasteiger partial charge in [-0.15, -0.1) is 11.8 Å². The van der Waals surface area contributed by atoms with E-state index in [2.05, 4.69) is 0 Å². The van der Waals surface area contributed by atoms with Crippen LogP contribution in [-0.2, 0) is 0 Å². The molecule has 0 spiro atoms. The highest BCUT2D eigenvalue weighted by Crippen LogP contribution is 2.25. The summed E-state index contributed by atoms with van der Waals surface area (Å²) in [6.45, 7) is 0. The molecule has 1 aromatic heterocycles. The second-order valence-corrected chi connectivity index (χ2v) is 5.74. The van der Waals surface area contributed by atoms with Crippen LogP contribution in [0.5, 0.6) is 0 Å². The van der Waals surface area contributed by atoms with Crippen molar-refractivity contribution in [3.8, 4) is 16.9 Å². The average molecular weight is 318 g/mol. The highest BCUT2D eigenvalue weighted by molar-refractivity contribution is 7.98. The molecule has 106 valence electrons. The highest BCUT2D eigenvalue weighted by Gasteiger charge is 2.12. The topological polar surface area (TPSA) is 35.1 Å². The fourth-order valence-electron chi connectivity index (χ4n) is 2.10. The third-order valence-corrected chi connectivity index (χ3v) is 4.16. The van der Waals surface area contributed by atoms with Gasteiger partial charge in [0.25, 0.3) is 0 Å². The van der Waals surface area contributed by atoms with Crippen molar-refractivity contribution < 1.29 is 4.42 Å². The van der Waals surface area contributed by atoms with Gasteiger partial charge in [0, 0.05) is 15.5 Å². The lowest BCUT2D eigenvalue weighted by atomic mass is 10.1. The van der Waals surface area contributed by atoms with Crippen molar-refractivity contribution in [3.05, 3.63) is 70.4 Å². The summed E-state index contributed by atoms with van der Waals surface area (Å²) in [6.07, 6.45) is 3.50. The molecule has 0 unspecified atom stereocenters. The van der Waals surface area contributed by atoms with Crippen LogP contribution >= 0.6 is 23.4 Å². The molecule has 0 N–H and O–H groups in total. The number of aromatic nitrogens is 1. The maximum atomic E-state index is 12.0. The van der Waals surface area contributed by atoms with Crippen LogP contribution in [0.2, 0.25) is 5.02 Å². The van der Waals surface area contributed by atoms with Crippen LogP contribution in [0.3, 0.4) is 0 Å². The number of hydrogen-bond donors (Lipinski definition) is 0. The van der Waals surface area contributed by atoms with Gasteiger partial charge in [-0.2, -0.15) is 0 Å². The number of oxazole rings is 1. The van der Waals surface area contributed by atoms with Gasteiger partial charge < -0.3 is 4.42 Å². The van der Waals surface area contributed by atoms with Crippen LogP contribution < -0.4 is 5.76 Å². The van der Waals surface area contributed by atoms with E-state index in [4.69, 9.17) is 16.0 Å². The molecule has 0 amide bonds. The molecule has 5 heteroatoms. The molecule has 1 heterocycles. The van der Waals surface area contributed by atoms with Gasteiger partial charge in [-0.3, -0.25) is 0 Å². The first-order chi connectivity index (χ1) is 10.2. The first-order valence-electron chi connectivity index (χ1n) is 6.30. The Kier molecular flexibility index (Phi) is 3.90. The molecular weight excluding hydrogens is 306 g/mol. The smallest absolute Gasteiger partial charge is 0.415 e. The van der Waals surface area contributed by atoms with Crippen molar-refractivity contribution >= 4 is 23.4 Å². The molecule has 3 aromatic rings. The Morgan fingerprint density at radius 3 is 2.33 bits per heavy atom. The minimum atomic E-state index is -0.415. The summed E-state index contributed by atoms with van der Waals surface area (Å²) in [4.78, 5) is 13.2. The van der Waals surface area contributed by atoms with E-state index in [9.17, 15) is 4.79 Å².